The van der Waals surface area contributed by atoms with Crippen molar-refractivity contribution in [1.29, 1.82) is 0 Å². The van der Waals surface area contributed by atoms with E-state index in [1.165, 1.54) is 0 Å². The minimum Gasteiger partial charge on any atom is -0.493 e. The largest absolute Gasteiger partial charge is 0.493 e. The molecule has 0 aliphatic carbocycles. The number of benzene rings is 2. The Labute approximate surface area is 178 Å². The number of nitrogens with one attached hydrogen (secondary N) is 1. The van der Waals surface area contributed by atoms with Gasteiger partial charge in [-0.05, 0) is 35.1 Å². The Morgan fingerprint density at radius 2 is 1.50 bits per heavy atom. The first-order valence-corrected chi connectivity index (χ1v) is 10.2. The fourth-order valence-electron chi connectivity index (χ4n) is 3.07. The molecular weight excluding hydrogens is 382 g/mol. The Kier molecular flexibility index (Phi) is 8.71. The normalized spacial score (nSPS) is 10.8. The molecule has 2 aromatic rings. The minimum absolute atomic E-state index is 0.0329. The maximum Gasteiger partial charge on any atom is 0.309 e. The van der Waals surface area contributed by atoms with Crippen molar-refractivity contribution in [3.05, 3.63) is 53.6 Å². The van der Waals surface area contributed by atoms with Gasteiger partial charge in [-0.2, -0.15) is 0 Å². The molecule has 6 nitrogen and oxygen atoms in total. The van der Waals surface area contributed by atoms with Gasteiger partial charge in [-0.3, -0.25) is 9.59 Å². The second-order valence-corrected chi connectivity index (χ2v) is 7.58. The van der Waals surface area contributed by atoms with Crippen molar-refractivity contribution in [2.45, 2.75) is 46.0 Å². The summed E-state index contributed by atoms with van der Waals surface area (Å²) in [5, 5.41) is 2.93. The molecule has 1 amide bonds. The molecule has 0 aliphatic rings. The highest BCUT2D eigenvalue weighted by atomic mass is 16.5. The molecule has 0 radical (unpaired) electrons. The monoisotopic (exact) mass is 413 g/mol. The topological polar surface area (TPSA) is 73.9 Å². The van der Waals surface area contributed by atoms with Crippen LogP contribution in [-0.2, 0) is 14.3 Å². The second kappa shape index (κ2) is 11.2. The number of carbonyl (C=O) groups excluding carboxylic acids is 2. The molecule has 0 unspecified atom stereocenters. The predicted molar refractivity (Wildman–Crippen MR) is 117 cm³/mol. The van der Waals surface area contributed by atoms with Crippen LogP contribution in [0.25, 0.3) is 0 Å². The predicted octanol–water partition coefficient (Wildman–Crippen LogP) is 4.89. The Morgan fingerprint density at radius 1 is 0.900 bits per heavy atom. The summed E-state index contributed by atoms with van der Waals surface area (Å²) < 4.78 is 15.9. The van der Waals surface area contributed by atoms with E-state index in [2.05, 4.69) is 33.0 Å². The van der Waals surface area contributed by atoms with Gasteiger partial charge in [-0.1, -0.05) is 58.0 Å². The van der Waals surface area contributed by atoms with Crippen LogP contribution in [-0.4, -0.2) is 32.2 Å². The van der Waals surface area contributed by atoms with Gasteiger partial charge in [-0.25, -0.2) is 0 Å². The third-order valence-electron chi connectivity index (χ3n) is 4.63. The average molecular weight is 414 g/mol. The molecule has 0 bridgehead atoms. The summed E-state index contributed by atoms with van der Waals surface area (Å²) >= 11 is 0. The van der Waals surface area contributed by atoms with Gasteiger partial charge in [-0.15, -0.1) is 0 Å². The number of hydrogen-bond acceptors (Lipinski definition) is 5. The van der Waals surface area contributed by atoms with E-state index in [0.717, 1.165) is 16.8 Å². The van der Waals surface area contributed by atoms with E-state index in [9.17, 15) is 9.59 Å². The van der Waals surface area contributed by atoms with Crippen LogP contribution < -0.4 is 14.8 Å². The van der Waals surface area contributed by atoms with Gasteiger partial charge in [0, 0.05) is 5.69 Å². The van der Waals surface area contributed by atoms with Crippen LogP contribution in [0, 0.1) is 0 Å². The summed E-state index contributed by atoms with van der Waals surface area (Å²) in [6, 6.07) is 13.2. The Morgan fingerprint density at radius 3 is 2.07 bits per heavy atom. The summed E-state index contributed by atoms with van der Waals surface area (Å²) in [4.78, 5) is 24.4. The van der Waals surface area contributed by atoms with E-state index in [-0.39, 0.29) is 37.4 Å². The van der Waals surface area contributed by atoms with Gasteiger partial charge in [0.1, 0.15) is 0 Å². The van der Waals surface area contributed by atoms with E-state index in [1.54, 1.807) is 19.2 Å². The van der Waals surface area contributed by atoms with Crippen LogP contribution in [0.15, 0.2) is 42.5 Å². The first-order valence-electron chi connectivity index (χ1n) is 10.2. The number of hydrogen-bond donors (Lipinski definition) is 1. The lowest BCUT2D eigenvalue weighted by atomic mass is 9.92. The zero-order valence-electron chi connectivity index (χ0n) is 18.4. The zero-order chi connectivity index (χ0) is 22.1. The molecule has 0 aliphatic heterocycles. The summed E-state index contributed by atoms with van der Waals surface area (Å²) in [5.41, 5.74) is 2.93. The van der Waals surface area contributed by atoms with Gasteiger partial charge in [0.2, 0.25) is 0 Å². The third kappa shape index (κ3) is 6.51. The van der Waals surface area contributed by atoms with E-state index in [1.807, 2.05) is 30.3 Å². The number of anilines is 1. The number of rotatable bonds is 10. The van der Waals surface area contributed by atoms with E-state index in [4.69, 9.17) is 14.2 Å². The fourth-order valence-corrected chi connectivity index (χ4v) is 3.07. The molecule has 0 saturated carbocycles. The number of esters is 1. The maximum absolute atomic E-state index is 12.4. The molecule has 30 heavy (non-hydrogen) atoms. The Balaban J connectivity index is 1.87. The third-order valence-corrected chi connectivity index (χ3v) is 4.63. The number of methoxy groups -OCH3 is 1. The van der Waals surface area contributed by atoms with Gasteiger partial charge < -0.3 is 19.5 Å². The van der Waals surface area contributed by atoms with E-state index in [0.29, 0.717) is 11.5 Å². The van der Waals surface area contributed by atoms with Gasteiger partial charge in [0.05, 0.1) is 20.1 Å². The lowest BCUT2D eigenvalue weighted by Crippen LogP contribution is -2.23. The molecule has 2 rings (SSSR count). The number of ether oxygens (including phenoxy) is 3. The first-order chi connectivity index (χ1) is 14.3. The SMILES string of the molecule is COc1ccccc1OCCC(=O)OCC(=O)Nc1c(C(C)C)cccc1C(C)C. The summed E-state index contributed by atoms with van der Waals surface area (Å²) in [6.07, 6.45) is 0.0329. The lowest BCUT2D eigenvalue weighted by molar-refractivity contribution is -0.147. The van der Waals surface area contributed by atoms with Crippen LogP contribution in [0.1, 0.15) is 57.1 Å². The van der Waals surface area contributed by atoms with Crippen molar-refractivity contribution >= 4 is 17.6 Å². The van der Waals surface area contributed by atoms with E-state index >= 15 is 0 Å². The standard InChI is InChI=1S/C24H31NO5/c1-16(2)18-9-8-10-19(17(3)4)24(18)25-22(26)15-30-23(27)13-14-29-21-12-7-6-11-20(21)28-5/h6-12,16-17H,13-15H2,1-5H3,(H,25,26). The summed E-state index contributed by atoms with van der Waals surface area (Å²) in [5.74, 6) is 0.805. The molecule has 6 heteroatoms. The van der Waals surface area contributed by atoms with Crippen molar-refractivity contribution < 1.29 is 23.8 Å². The number of amides is 1. The molecule has 2 aromatic carbocycles. The molecule has 0 spiro atoms. The van der Waals surface area contributed by atoms with Crippen molar-refractivity contribution in [2.24, 2.45) is 0 Å². The highest BCUT2D eigenvalue weighted by molar-refractivity contribution is 5.94. The molecule has 1 N–H and O–H groups in total. The molecule has 0 aromatic heterocycles. The average Bonchev–Trinajstić information content (AvgIpc) is 2.72. The minimum atomic E-state index is -0.499. The fraction of sp³-hybridized carbons (Fsp3) is 0.417. The van der Waals surface area contributed by atoms with Crippen molar-refractivity contribution in [3.63, 3.8) is 0 Å². The van der Waals surface area contributed by atoms with Crippen LogP contribution in [0.2, 0.25) is 0 Å². The molecule has 0 atom stereocenters. The van der Waals surface area contributed by atoms with Crippen molar-refractivity contribution in [3.8, 4) is 11.5 Å². The second-order valence-electron chi connectivity index (χ2n) is 7.58. The van der Waals surface area contributed by atoms with Crippen LogP contribution in [0.4, 0.5) is 5.69 Å². The van der Waals surface area contributed by atoms with Crippen molar-refractivity contribution in [2.75, 3.05) is 25.6 Å². The summed E-state index contributed by atoms with van der Waals surface area (Å²) in [7, 11) is 1.55. The van der Waals surface area contributed by atoms with Gasteiger partial charge in [0.15, 0.2) is 18.1 Å². The lowest BCUT2D eigenvalue weighted by Gasteiger charge is -2.20. The van der Waals surface area contributed by atoms with E-state index < -0.39 is 5.97 Å². The first kappa shape index (κ1) is 23.3. The quantitative estimate of drug-likeness (QED) is 0.561. The molecule has 0 heterocycles. The Bertz CT molecular complexity index is 834. The molecular formula is C24H31NO5. The van der Waals surface area contributed by atoms with Crippen molar-refractivity contribution in [1.82, 2.24) is 0 Å². The maximum atomic E-state index is 12.4. The smallest absolute Gasteiger partial charge is 0.309 e. The summed E-state index contributed by atoms with van der Waals surface area (Å²) in [6.45, 7) is 8.12. The van der Waals surface area contributed by atoms with Crippen LogP contribution in [0.5, 0.6) is 11.5 Å². The molecule has 0 fully saturated rings. The molecule has 0 saturated heterocycles. The number of para-hydroxylation sites is 3. The molecule has 162 valence electrons. The number of carbonyl (C=O) groups is 2. The van der Waals surface area contributed by atoms with Gasteiger partial charge >= 0.3 is 5.97 Å². The highest BCUT2D eigenvalue weighted by Gasteiger charge is 2.17. The highest BCUT2D eigenvalue weighted by Crippen LogP contribution is 2.32. The van der Waals surface area contributed by atoms with Crippen LogP contribution in [0.3, 0.4) is 0 Å². The zero-order valence-corrected chi connectivity index (χ0v) is 18.4. The van der Waals surface area contributed by atoms with Crippen LogP contribution >= 0.6 is 0 Å². The van der Waals surface area contributed by atoms with Gasteiger partial charge in [0.25, 0.3) is 5.91 Å². The Hall–Kier alpha value is -3.02.